The third kappa shape index (κ3) is 2.79. The van der Waals surface area contributed by atoms with Crippen LogP contribution in [0.3, 0.4) is 0 Å². The minimum Gasteiger partial charge on any atom is -0.463 e. The second-order valence-electron chi connectivity index (χ2n) is 3.47. The molecule has 0 amide bonds. The maximum absolute atomic E-state index is 11.8. The van der Waals surface area contributed by atoms with Gasteiger partial charge in [-0.15, -0.1) is 0 Å². The minimum absolute atomic E-state index is 0.223. The fourth-order valence-electron chi connectivity index (χ4n) is 1.43. The van der Waals surface area contributed by atoms with E-state index >= 15 is 0 Å². The van der Waals surface area contributed by atoms with Gasteiger partial charge in [-0.3, -0.25) is 0 Å². The van der Waals surface area contributed by atoms with Crippen LogP contribution in [-0.2, 0) is 14.3 Å². The molecule has 0 spiro atoms. The number of esters is 2. The van der Waals surface area contributed by atoms with Crippen molar-refractivity contribution in [2.24, 2.45) is 0 Å². The van der Waals surface area contributed by atoms with Crippen molar-refractivity contribution in [3.63, 3.8) is 0 Å². The van der Waals surface area contributed by atoms with E-state index in [0.717, 1.165) is 0 Å². The van der Waals surface area contributed by atoms with Crippen molar-refractivity contribution in [2.75, 3.05) is 6.61 Å². The maximum atomic E-state index is 11.8. The van der Waals surface area contributed by atoms with Crippen molar-refractivity contribution in [1.82, 2.24) is 0 Å². The molecule has 1 aliphatic heterocycles. The van der Waals surface area contributed by atoms with Gasteiger partial charge in [0.2, 0.25) is 6.10 Å². The number of hydrogen-bond acceptors (Lipinski definition) is 4. The molecule has 90 valence electrons. The number of cyclic esters (lactones) is 1. The van der Waals surface area contributed by atoms with Crippen molar-refractivity contribution in [3.05, 3.63) is 33.3 Å². The lowest BCUT2D eigenvalue weighted by Gasteiger charge is -2.09. The van der Waals surface area contributed by atoms with Gasteiger partial charge in [0.1, 0.15) is 0 Å². The number of ether oxygens (including phenoxy) is 2. The van der Waals surface area contributed by atoms with E-state index in [9.17, 15) is 9.59 Å². The lowest BCUT2D eigenvalue weighted by atomic mass is 10.2. The van der Waals surface area contributed by atoms with Crippen molar-refractivity contribution >= 4 is 39.5 Å². The Morgan fingerprint density at radius 2 is 2.29 bits per heavy atom. The zero-order chi connectivity index (χ0) is 12.4. The zero-order valence-electron chi connectivity index (χ0n) is 8.61. The first kappa shape index (κ1) is 12.4. The second kappa shape index (κ2) is 5.06. The Kier molecular flexibility index (Phi) is 3.69. The van der Waals surface area contributed by atoms with Gasteiger partial charge in [0.25, 0.3) is 0 Å². The summed E-state index contributed by atoms with van der Waals surface area (Å²) in [6.45, 7) is 0.281. The Labute approximate surface area is 111 Å². The van der Waals surface area contributed by atoms with Crippen molar-refractivity contribution < 1.29 is 19.1 Å². The lowest BCUT2D eigenvalue weighted by molar-refractivity contribution is -0.145. The standard InChI is InChI=1S/C11H8BrClO4/c12-6-1-2-8(13)7(5-6)10(14)17-9-3-4-16-11(9)15/h1-2,5,9H,3-4H2. The predicted molar refractivity (Wildman–Crippen MR) is 63.9 cm³/mol. The van der Waals surface area contributed by atoms with Gasteiger partial charge in [-0.25, -0.2) is 9.59 Å². The highest BCUT2D eigenvalue weighted by Gasteiger charge is 2.31. The fourth-order valence-corrected chi connectivity index (χ4v) is 1.99. The summed E-state index contributed by atoms with van der Waals surface area (Å²) in [5.74, 6) is -1.13. The molecule has 1 atom stereocenters. The highest BCUT2D eigenvalue weighted by molar-refractivity contribution is 9.10. The normalized spacial score (nSPS) is 18.9. The molecule has 1 unspecified atom stereocenters. The summed E-state index contributed by atoms with van der Waals surface area (Å²) in [4.78, 5) is 22.9. The van der Waals surface area contributed by atoms with Crippen LogP contribution in [0.4, 0.5) is 0 Å². The highest BCUT2D eigenvalue weighted by atomic mass is 79.9. The van der Waals surface area contributed by atoms with Gasteiger partial charge in [-0.1, -0.05) is 27.5 Å². The third-order valence-electron chi connectivity index (χ3n) is 2.28. The van der Waals surface area contributed by atoms with Crippen LogP contribution < -0.4 is 0 Å². The Morgan fingerprint density at radius 3 is 2.94 bits per heavy atom. The summed E-state index contributed by atoms with van der Waals surface area (Å²) < 4.78 is 10.4. The van der Waals surface area contributed by atoms with Gasteiger partial charge >= 0.3 is 11.9 Å². The van der Waals surface area contributed by atoms with Crippen LogP contribution in [0.25, 0.3) is 0 Å². The van der Waals surface area contributed by atoms with Crippen LogP contribution in [-0.4, -0.2) is 24.6 Å². The lowest BCUT2D eigenvalue weighted by Crippen LogP contribution is -2.22. The molecular formula is C11H8BrClO4. The van der Waals surface area contributed by atoms with E-state index in [1.165, 1.54) is 0 Å². The van der Waals surface area contributed by atoms with Crippen LogP contribution >= 0.6 is 27.5 Å². The molecule has 1 fully saturated rings. The third-order valence-corrected chi connectivity index (χ3v) is 3.11. The Morgan fingerprint density at radius 1 is 1.53 bits per heavy atom. The second-order valence-corrected chi connectivity index (χ2v) is 4.80. The summed E-state index contributed by atoms with van der Waals surface area (Å²) in [6, 6.07) is 4.84. The van der Waals surface area contributed by atoms with Crippen LogP contribution in [0.2, 0.25) is 5.02 Å². The fraction of sp³-hybridized carbons (Fsp3) is 0.273. The Balaban J connectivity index is 2.14. The van der Waals surface area contributed by atoms with Crippen molar-refractivity contribution in [1.29, 1.82) is 0 Å². The molecule has 1 heterocycles. The summed E-state index contributed by atoms with van der Waals surface area (Å²) in [5.41, 5.74) is 0.223. The quantitative estimate of drug-likeness (QED) is 0.786. The molecule has 6 heteroatoms. The molecule has 1 saturated heterocycles. The van der Waals surface area contributed by atoms with Crippen LogP contribution in [0.15, 0.2) is 22.7 Å². The molecule has 1 aliphatic rings. The van der Waals surface area contributed by atoms with Gasteiger partial charge in [0.05, 0.1) is 17.2 Å². The average Bonchev–Trinajstić information content (AvgIpc) is 2.68. The number of rotatable bonds is 2. The van der Waals surface area contributed by atoms with E-state index in [-0.39, 0.29) is 17.2 Å². The predicted octanol–water partition coefficient (Wildman–Crippen LogP) is 2.57. The maximum Gasteiger partial charge on any atom is 0.347 e. The number of benzene rings is 1. The minimum atomic E-state index is -0.822. The number of carbonyl (C=O) groups is 2. The first-order valence-corrected chi connectivity index (χ1v) is 6.07. The van der Waals surface area contributed by atoms with Gasteiger partial charge in [0, 0.05) is 10.9 Å². The van der Waals surface area contributed by atoms with E-state index < -0.39 is 18.0 Å². The SMILES string of the molecule is O=C(OC1CCOC1=O)c1cc(Br)ccc1Cl. The molecule has 1 aromatic rings. The highest BCUT2D eigenvalue weighted by Crippen LogP contribution is 2.23. The van der Waals surface area contributed by atoms with Gasteiger partial charge in [0.15, 0.2) is 0 Å². The van der Waals surface area contributed by atoms with Gasteiger partial charge < -0.3 is 9.47 Å². The summed E-state index contributed by atoms with van der Waals surface area (Å²) in [5, 5.41) is 0.282. The molecule has 1 aromatic carbocycles. The number of halogens is 2. The van der Waals surface area contributed by atoms with Crippen molar-refractivity contribution in [3.8, 4) is 0 Å². The molecule has 0 saturated carbocycles. The van der Waals surface area contributed by atoms with E-state index in [2.05, 4.69) is 15.9 Å². The first-order valence-electron chi connectivity index (χ1n) is 4.90. The Bertz CT molecular complexity index is 475. The van der Waals surface area contributed by atoms with Crippen LogP contribution in [0.1, 0.15) is 16.8 Å². The zero-order valence-corrected chi connectivity index (χ0v) is 11.0. The van der Waals surface area contributed by atoms with E-state index in [0.29, 0.717) is 10.9 Å². The molecule has 0 radical (unpaired) electrons. The summed E-state index contributed by atoms with van der Waals surface area (Å²) in [7, 11) is 0. The summed E-state index contributed by atoms with van der Waals surface area (Å²) >= 11 is 9.11. The van der Waals surface area contributed by atoms with Gasteiger partial charge in [-0.05, 0) is 18.2 Å². The number of hydrogen-bond donors (Lipinski definition) is 0. The largest absolute Gasteiger partial charge is 0.463 e. The Hall–Kier alpha value is -1.07. The van der Waals surface area contributed by atoms with E-state index in [1.807, 2.05) is 0 Å². The van der Waals surface area contributed by atoms with Crippen LogP contribution in [0.5, 0.6) is 0 Å². The van der Waals surface area contributed by atoms with Gasteiger partial charge in [-0.2, -0.15) is 0 Å². The van der Waals surface area contributed by atoms with Crippen LogP contribution in [0, 0.1) is 0 Å². The average molecular weight is 320 g/mol. The van der Waals surface area contributed by atoms with E-state index in [1.54, 1.807) is 18.2 Å². The molecule has 0 bridgehead atoms. The first-order chi connectivity index (χ1) is 8.08. The topological polar surface area (TPSA) is 52.6 Å². The molecular weight excluding hydrogens is 311 g/mol. The molecule has 0 aliphatic carbocycles. The molecule has 17 heavy (non-hydrogen) atoms. The van der Waals surface area contributed by atoms with E-state index in [4.69, 9.17) is 21.1 Å². The monoisotopic (exact) mass is 318 g/mol. The smallest absolute Gasteiger partial charge is 0.347 e. The molecule has 2 rings (SSSR count). The molecule has 4 nitrogen and oxygen atoms in total. The van der Waals surface area contributed by atoms with Crippen molar-refractivity contribution in [2.45, 2.75) is 12.5 Å². The molecule has 0 N–H and O–H groups in total. The summed E-state index contributed by atoms with van der Waals surface area (Å²) in [6.07, 6.45) is -0.437. The molecule has 0 aromatic heterocycles. The number of carbonyl (C=O) groups excluding carboxylic acids is 2.